The van der Waals surface area contributed by atoms with E-state index in [4.69, 9.17) is 24.1 Å². The number of benzene rings is 1. The van der Waals surface area contributed by atoms with Crippen LogP contribution >= 0.6 is 0 Å². The van der Waals surface area contributed by atoms with E-state index in [1.807, 2.05) is 6.07 Å². The summed E-state index contributed by atoms with van der Waals surface area (Å²) < 4.78 is 21.9. The fourth-order valence-corrected chi connectivity index (χ4v) is 6.67. The number of phenols is 1. The monoisotopic (exact) mass is 518 g/mol. The first-order valence-electron chi connectivity index (χ1n) is 12.4. The topological polar surface area (TPSA) is 169 Å². The number of hydrogen-bond acceptors (Lipinski definition) is 10. The van der Waals surface area contributed by atoms with Crippen molar-refractivity contribution in [2.45, 2.75) is 88.0 Å². The van der Waals surface area contributed by atoms with Crippen molar-refractivity contribution in [1.82, 2.24) is 0 Å². The average molecular weight is 519 g/mol. The first-order chi connectivity index (χ1) is 17.5. The van der Waals surface area contributed by atoms with Gasteiger partial charge in [0.1, 0.15) is 5.76 Å². The van der Waals surface area contributed by atoms with Gasteiger partial charge in [-0.05, 0) is 56.2 Å². The molecule has 1 fully saturated rings. The fraction of sp³-hybridized carbons (Fsp3) is 0.577. The molecule has 0 saturated heterocycles. The molecule has 1 aliphatic heterocycles. The Hall–Kier alpha value is -3.15. The number of aromatic hydroxyl groups is 1. The minimum atomic E-state index is -1.89. The van der Waals surface area contributed by atoms with Gasteiger partial charge in [-0.15, -0.1) is 0 Å². The van der Waals surface area contributed by atoms with Crippen molar-refractivity contribution in [3.05, 3.63) is 35.1 Å². The molecule has 4 N–H and O–H groups in total. The van der Waals surface area contributed by atoms with Gasteiger partial charge in [0.15, 0.2) is 36.1 Å². The molecular formula is C26H30O11. The lowest BCUT2D eigenvalue weighted by molar-refractivity contribution is -0.212. The Kier molecular flexibility index (Phi) is 6.20. The highest BCUT2D eigenvalue weighted by molar-refractivity contribution is 5.76. The van der Waals surface area contributed by atoms with Crippen LogP contribution in [0.5, 0.6) is 11.5 Å². The van der Waals surface area contributed by atoms with Gasteiger partial charge in [0, 0.05) is 12.5 Å². The zero-order valence-corrected chi connectivity index (χ0v) is 20.5. The molecule has 0 radical (unpaired) electrons. The first kappa shape index (κ1) is 25.5. The molecule has 1 spiro atoms. The van der Waals surface area contributed by atoms with Crippen LogP contribution in [0.1, 0.15) is 57.1 Å². The third-order valence-electron chi connectivity index (χ3n) is 8.17. The van der Waals surface area contributed by atoms with Crippen molar-refractivity contribution in [1.29, 1.82) is 0 Å². The number of aliphatic hydroxyl groups is 2. The molecule has 3 aliphatic carbocycles. The van der Waals surface area contributed by atoms with E-state index in [1.165, 1.54) is 6.92 Å². The van der Waals surface area contributed by atoms with Crippen LogP contribution in [-0.2, 0) is 40.4 Å². The highest BCUT2D eigenvalue weighted by atomic mass is 16.7. The number of phenolic OH excluding ortho intramolecular Hbond substituents is 1. The van der Waals surface area contributed by atoms with Crippen molar-refractivity contribution in [2.24, 2.45) is 5.92 Å². The molecule has 4 aliphatic rings. The number of hydrogen-bond donors (Lipinski definition) is 4. The van der Waals surface area contributed by atoms with E-state index in [9.17, 15) is 29.7 Å². The normalized spacial score (nSPS) is 31.2. The van der Waals surface area contributed by atoms with Gasteiger partial charge < -0.3 is 39.4 Å². The third kappa shape index (κ3) is 3.87. The Morgan fingerprint density at radius 3 is 2.73 bits per heavy atom. The lowest BCUT2D eigenvalue weighted by atomic mass is 9.47. The number of ether oxygens (including phenoxy) is 4. The largest absolute Gasteiger partial charge is 0.504 e. The summed E-state index contributed by atoms with van der Waals surface area (Å²) in [4.78, 5) is 35.3. The molecule has 200 valence electrons. The molecule has 7 atom stereocenters. The maximum Gasteiger partial charge on any atom is 0.340 e. The number of rotatable bonds is 8. The zero-order valence-electron chi connectivity index (χ0n) is 20.5. The van der Waals surface area contributed by atoms with Crippen LogP contribution in [0, 0.1) is 5.92 Å². The Morgan fingerprint density at radius 1 is 1.27 bits per heavy atom. The van der Waals surface area contributed by atoms with Crippen LogP contribution in [0.25, 0.3) is 0 Å². The Labute approximate surface area is 212 Å². The quantitative estimate of drug-likeness (QED) is 0.290. The molecule has 0 aromatic heterocycles. The van der Waals surface area contributed by atoms with Crippen LogP contribution in [-0.4, -0.2) is 68.5 Å². The lowest BCUT2D eigenvalue weighted by Gasteiger charge is -2.59. The molecule has 1 aromatic rings. The van der Waals surface area contributed by atoms with E-state index in [0.717, 1.165) is 30.9 Å². The standard InChI is InChI=1S/C26H30O11/c1-12(34-24(32)18(11-19(29)30)35-13(2)27)23(31)36-17-7-9-26(33)15-4-3-8-25(26)20-14(10-15)5-6-16(28)21(20)37-22(17)25/h5-7,12,15,18,22,24,28,32-33H,3-4,8-11H2,1-2H3,(H,29,30)/t12-,15+,18-,22-,24?,25-,26+/m0/s1. The minimum Gasteiger partial charge on any atom is -0.504 e. The Balaban J connectivity index is 1.38. The molecule has 5 rings (SSSR count). The summed E-state index contributed by atoms with van der Waals surface area (Å²) in [6, 6.07) is 3.43. The maximum absolute atomic E-state index is 13.0. The number of carboxylic acid groups (broad SMARTS) is 1. The predicted molar refractivity (Wildman–Crippen MR) is 123 cm³/mol. The fourth-order valence-electron chi connectivity index (χ4n) is 6.67. The minimum absolute atomic E-state index is 0.00584. The van der Waals surface area contributed by atoms with Gasteiger partial charge in [-0.3, -0.25) is 9.59 Å². The predicted octanol–water partition coefficient (Wildman–Crippen LogP) is 1.44. The molecule has 2 bridgehead atoms. The highest BCUT2D eigenvalue weighted by Crippen LogP contribution is 2.67. The lowest BCUT2D eigenvalue weighted by Crippen LogP contribution is -2.67. The maximum atomic E-state index is 13.0. The van der Waals surface area contributed by atoms with Gasteiger partial charge >= 0.3 is 17.9 Å². The van der Waals surface area contributed by atoms with Crippen LogP contribution in [0.4, 0.5) is 0 Å². The van der Waals surface area contributed by atoms with Crippen LogP contribution in [0.3, 0.4) is 0 Å². The summed E-state index contributed by atoms with van der Waals surface area (Å²) in [5, 5.41) is 41.9. The van der Waals surface area contributed by atoms with Crippen molar-refractivity contribution >= 4 is 17.9 Å². The van der Waals surface area contributed by atoms with Gasteiger partial charge in [-0.25, -0.2) is 4.79 Å². The van der Waals surface area contributed by atoms with Crippen LogP contribution in [0.2, 0.25) is 0 Å². The second kappa shape index (κ2) is 9.00. The van der Waals surface area contributed by atoms with Crippen molar-refractivity contribution < 1.29 is 53.8 Å². The molecule has 1 aromatic carbocycles. The number of aliphatic hydroxyl groups excluding tert-OH is 1. The number of carbonyl (C=O) groups is 3. The average Bonchev–Trinajstić information content (AvgIpc) is 3.16. The zero-order chi connectivity index (χ0) is 26.7. The smallest absolute Gasteiger partial charge is 0.340 e. The van der Waals surface area contributed by atoms with E-state index in [1.54, 1.807) is 12.1 Å². The van der Waals surface area contributed by atoms with Crippen LogP contribution in [0.15, 0.2) is 24.0 Å². The summed E-state index contributed by atoms with van der Waals surface area (Å²) in [6.45, 7) is 2.36. The van der Waals surface area contributed by atoms with Crippen LogP contribution < -0.4 is 4.74 Å². The second-order valence-corrected chi connectivity index (χ2v) is 10.3. The second-order valence-electron chi connectivity index (χ2n) is 10.3. The van der Waals surface area contributed by atoms with E-state index >= 15 is 0 Å². The Bertz CT molecular complexity index is 1160. The molecule has 1 heterocycles. The molecule has 0 amide bonds. The Morgan fingerprint density at radius 2 is 2.03 bits per heavy atom. The highest BCUT2D eigenvalue weighted by Gasteiger charge is 2.70. The van der Waals surface area contributed by atoms with Gasteiger partial charge in [0.25, 0.3) is 0 Å². The molecule has 1 unspecified atom stereocenters. The summed E-state index contributed by atoms with van der Waals surface area (Å²) in [5.41, 5.74) is -0.222. The summed E-state index contributed by atoms with van der Waals surface area (Å²) >= 11 is 0. The van der Waals surface area contributed by atoms with E-state index in [2.05, 4.69) is 0 Å². The summed E-state index contributed by atoms with van der Waals surface area (Å²) in [7, 11) is 0. The van der Waals surface area contributed by atoms with Crippen molar-refractivity contribution in [3.8, 4) is 11.5 Å². The number of esters is 2. The van der Waals surface area contributed by atoms with E-state index < -0.39 is 59.9 Å². The third-order valence-corrected chi connectivity index (χ3v) is 8.17. The molecular weight excluding hydrogens is 488 g/mol. The van der Waals surface area contributed by atoms with E-state index in [-0.39, 0.29) is 23.8 Å². The van der Waals surface area contributed by atoms with E-state index in [0.29, 0.717) is 18.6 Å². The van der Waals surface area contributed by atoms with Gasteiger partial charge in [0.2, 0.25) is 0 Å². The molecule has 11 heteroatoms. The van der Waals surface area contributed by atoms with Crippen molar-refractivity contribution in [2.75, 3.05) is 0 Å². The SMILES string of the molecule is CC(=O)O[C@@H](CC(=O)O)C(O)O[C@@H](C)C(=O)OC1=CC[C@@]2(O)[C@@H]3CCC[C@@]24c2c(ccc(O)c2O[C@@H]14)C3. The van der Waals surface area contributed by atoms with Crippen molar-refractivity contribution in [3.63, 3.8) is 0 Å². The summed E-state index contributed by atoms with van der Waals surface area (Å²) in [6.07, 6.45) is -1.54. The number of aliphatic carboxylic acids is 1. The van der Waals surface area contributed by atoms with Gasteiger partial charge in [0.05, 0.1) is 17.4 Å². The summed E-state index contributed by atoms with van der Waals surface area (Å²) in [5.74, 6) is -2.63. The molecule has 37 heavy (non-hydrogen) atoms. The number of carbonyl (C=O) groups excluding carboxylic acids is 2. The van der Waals surface area contributed by atoms with Gasteiger partial charge in [-0.1, -0.05) is 12.5 Å². The number of carboxylic acids is 1. The molecule has 1 saturated carbocycles. The molecule has 11 nitrogen and oxygen atoms in total. The first-order valence-corrected chi connectivity index (χ1v) is 12.4. The van der Waals surface area contributed by atoms with Gasteiger partial charge in [-0.2, -0.15) is 0 Å².